The second-order valence-electron chi connectivity index (χ2n) is 4.68. The molecule has 0 saturated heterocycles. The van der Waals surface area contributed by atoms with Crippen LogP contribution in [-0.4, -0.2) is 15.3 Å². The highest BCUT2D eigenvalue weighted by Crippen LogP contribution is 2.18. The van der Waals surface area contributed by atoms with Crippen molar-refractivity contribution in [2.45, 2.75) is 26.7 Å². The highest BCUT2D eigenvalue weighted by atomic mass is 16.5. The molecule has 3 rings (SSSR count). The Bertz CT molecular complexity index is 681. The van der Waals surface area contributed by atoms with Gasteiger partial charge in [-0.05, 0) is 20.3 Å². The third-order valence-corrected chi connectivity index (χ3v) is 3.27. The van der Waals surface area contributed by atoms with E-state index in [9.17, 15) is 0 Å². The van der Waals surface area contributed by atoms with Crippen molar-refractivity contribution in [3.05, 3.63) is 53.2 Å². The van der Waals surface area contributed by atoms with Crippen molar-refractivity contribution >= 4 is 0 Å². The van der Waals surface area contributed by atoms with Gasteiger partial charge in [0.05, 0.1) is 5.69 Å². The van der Waals surface area contributed by atoms with Crippen molar-refractivity contribution in [3.8, 4) is 11.4 Å². The van der Waals surface area contributed by atoms with Crippen molar-refractivity contribution in [3.63, 3.8) is 0 Å². The van der Waals surface area contributed by atoms with Crippen molar-refractivity contribution in [1.82, 2.24) is 15.3 Å². The van der Waals surface area contributed by atoms with Crippen LogP contribution >= 0.6 is 0 Å². The van der Waals surface area contributed by atoms with Crippen LogP contribution < -0.4 is 0 Å². The third-order valence-electron chi connectivity index (χ3n) is 3.27. The van der Waals surface area contributed by atoms with Crippen LogP contribution in [0.4, 0.5) is 0 Å². The van der Waals surface area contributed by atoms with Crippen LogP contribution in [0.3, 0.4) is 0 Å². The molecule has 0 radical (unpaired) electrons. The van der Waals surface area contributed by atoms with Gasteiger partial charge in [-0.1, -0.05) is 40.6 Å². The van der Waals surface area contributed by atoms with Gasteiger partial charge >= 0.3 is 0 Å². The molecule has 0 spiro atoms. The average molecular weight is 269 g/mol. The maximum absolute atomic E-state index is 5.28. The summed E-state index contributed by atoms with van der Waals surface area (Å²) in [6.45, 7) is 3.85. The summed E-state index contributed by atoms with van der Waals surface area (Å²) in [6, 6.07) is 9.79. The zero-order chi connectivity index (χ0) is 13.9. The van der Waals surface area contributed by atoms with E-state index < -0.39 is 0 Å². The lowest BCUT2D eigenvalue weighted by molar-refractivity contribution is 0.377. The van der Waals surface area contributed by atoms with Crippen LogP contribution in [0.15, 0.2) is 39.4 Å². The van der Waals surface area contributed by atoms with Gasteiger partial charge in [-0.2, -0.15) is 4.98 Å². The van der Waals surface area contributed by atoms with Crippen molar-refractivity contribution in [2.75, 3.05) is 0 Å². The predicted molar refractivity (Wildman–Crippen MR) is 73.1 cm³/mol. The minimum Gasteiger partial charge on any atom is -0.361 e. The van der Waals surface area contributed by atoms with Gasteiger partial charge in [0.1, 0.15) is 5.76 Å². The molecule has 2 aromatic heterocycles. The summed E-state index contributed by atoms with van der Waals surface area (Å²) in [4.78, 5) is 4.41. The predicted octanol–water partition coefficient (Wildman–Crippen LogP) is 3.13. The number of hydrogen-bond donors (Lipinski definition) is 0. The maximum Gasteiger partial charge on any atom is 0.227 e. The quantitative estimate of drug-likeness (QED) is 0.728. The molecule has 0 aliphatic rings. The zero-order valence-electron chi connectivity index (χ0n) is 11.5. The monoisotopic (exact) mass is 269 g/mol. The Morgan fingerprint density at radius 1 is 0.950 bits per heavy atom. The van der Waals surface area contributed by atoms with E-state index in [1.165, 1.54) is 0 Å². The van der Waals surface area contributed by atoms with Gasteiger partial charge in [0.15, 0.2) is 0 Å². The Morgan fingerprint density at radius 2 is 1.75 bits per heavy atom. The fourth-order valence-electron chi connectivity index (χ4n) is 2.15. The molecule has 0 saturated carbocycles. The Labute approximate surface area is 116 Å². The van der Waals surface area contributed by atoms with Crippen LogP contribution in [0.1, 0.15) is 22.9 Å². The summed E-state index contributed by atoms with van der Waals surface area (Å²) in [6.07, 6.45) is 1.47. The summed E-state index contributed by atoms with van der Waals surface area (Å²) < 4.78 is 10.4. The molecule has 0 amide bonds. The van der Waals surface area contributed by atoms with E-state index in [1.54, 1.807) is 0 Å². The minimum absolute atomic E-state index is 0.624. The maximum atomic E-state index is 5.28. The number of aryl methyl sites for hydroxylation is 3. The first-order chi connectivity index (χ1) is 9.74. The van der Waals surface area contributed by atoms with Gasteiger partial charge in [0.2, 0.25) is 11.7 Å². The smallest absolute Gasteiger partial charge is 0.227 e. The average Bonchev–Trinajstić information content (AvgIpc) is 3.06. The first-order valence-electron chi connectivity index (χ1n) is 6.54. The van der Waals surface area contributed by atoms with E-state index in [4.69, 9.17) is 9.05 Å². The molecule has 5 nitrogen and oxygen atoms in total. The Hall–Kier alpha value is -2.43. The number of nitrogens with zero attached hydrogens (tertiary/aromatic N) is 3. The molecule has 0 N–H and O–H groups in total. The van der Waals surface area contributed by atoms with Crippen LogP contribution in [0.2, 0.25) is 0 Å². The summed E-state index contributed by atoms with van der Waals surface area (Å²) >= 11 is 0. The van der Waals surface area contributed by atoms with Crippen molar-refractivity contribution in [2.24, 2.45) is 0 Å². The molecule has 0 aliphatic carbocycles. The second-order valence-corrected chi connectivity index (χ2v) is 4.68. The van der Waals surface area contributed by atoms with E-state index in [2.05, 4.69) is 15.3 Å². The topological polar surface area (TPSA) is 65.0 Å². The number of benzene rings is 1. The highest BCUT2D eigenvalue weighted by Gasteiger charge is 2.12. The van der Waals surface area contributed by atoms with Gasteiger partial charge in [-0.3, -0.25) is 0 Å². The SMILES string of the molecule is Cc1noc(C)c1CCc1nc(-c2ccccc2)no1. The molecule has 0 aliphatic heterocycles. The Balaban J connectivity index is 1.72. The molecular formula is C15H15N3O2. The molecule has 0 atom stereocenters. The molecular weight excluding hydrogens is 254 g/mol. The summed E-state index contributed by atoms with van der Waals surface area (Å²) in [7, 11) is 0. The normalized spacial score (nSPS) is 10.9. The molecule has 1 aromatic carbocycles. The first-order valence-corrected chi connectivity index (χ1v) is 6.54. The molecule has 0 fully saturated rings. The number of rotatable bonds is 4. The first kappa shape index (κ1) is 12.6. The van der Waals surface area contributed by atoms with E-state index in [-0.39, 0.29) is 0 Å². The molecule has 0 unspecified atom stereocenters. The van der Waals surface area contributed by atoms with Crippen LogP contribution in [0, 0.1) is 13.8 Å². The molecule has 5 heteroatoms. The molecule has 2 heterocycles. The highest BCUT2D eigenvalue weighted by molar-refractivity contribution is 5.53. The largest absolute Gasteiger partial charge is 0.361 e. The van der Waals surface area contributed by atoms with Crippen molar-refractivity contribution < 1.29 is 9.05 Å². The molecule has 20 heavy (non-hydrogen) atoms. The van der Waals surface area contributed by atoms with E-state index >= 15 is 0 Å². The van der Waals surface area contributed by atoms with E-state index in [1.807, 2.05) is 44.2 Å². The zero-order valence-corrected chi connectivity index (χ0v) is 11.5. The van der Waals surface area contributed by atoms with E-state index in [0.717, 1.165) is 29.0 Å². The van der Waals surface area contributed by atoms with Crippen molar-refractivity contribution in [1.29, 1.82) is 0 Å². The number of hydrogen-bond acceptors (Lipinski definition) is 5. The summed E-state index contributed by atoms with van der Waals surface area (Å²) in [5.74, 6) is 2.11. The summed E-state index contributed by atoms with van der Waals surface area (Å²) in [5, 5.41) is 7.95. The van der Waals surface area contributed by atoms with Crippen LogP contribution in [0.5, 0.6) is 0 Å². The molecule has 0 bridgehead atoms. The second kappa shape index (κ2) is 5.28. The van der Waals surface area contributed by atoms with Gasteiger partial charge in [0.25, 0.3) is 0 Å². The van der Waals surface area contributed by atoms with Crippen LogP contribution in [-0.2, 0) is 12.8 Å². The fraction of sp³-hybridized carbons (Fsp3) is 0.267. The van der Waals surface area contributed by atoms with Crippen LogP contribution in [0.25, 0.3) is 11.4 Å². The summed E-state index contributed by atoms with van der Waals surface area (Å²) in [5.41, 5.74) is 2.99. The lowest BCUT2D eigenvalue weighted by Gasteiger charge is -1.95. The standard InChI is InChI=1S/C15H15N3O2/c1-10-13(11(2)19-17-10)8-9-14-16-15(18-20-14)12-6-4-3-5-7-12/h3-7H,8-9H2,1-2H3. The Morgan fingerprint density at radius 3 is 2.45 bits per heavy atom. The Kier molecular flexibility index (Phi) is 3.33. The molecule has 3 aromatic rings. The molecule has 102 valence electrons. The lowest BCUT2D eigenvalue weighted by Crippen LogP contribution is -1.94. The minimum atomic E-state index is 0.624. The van der Waals surface area contributed by atoms with Gasteiger partial charge in [0, 0.05) is 17.5 Å². The fourth-order valence-corrected chi connectivity index (χ4v) is 2.15. The van der Waals surface area contributed by atoms with Gasteiger partial charge < -0.3 is 9.05 Å². The lowest BCUT2D eigenvalue weighted by atomic mass is 10.1. The third kappa shape index (κ3) is 2.47. The van der Waals surface area contributed by atoms with Gasteiger partial charge in [-0.25, -0.2) is 0 Å². The van der Waals surface area contributed by atoms with E-state index in [0.29, 0.717) is 18.1 Å². The van der Waals surface area contributed by atoms with Gasteiger partial charge in [-0.15, -0.1) is 0 Å². The number of aromatic nitrogens is 3.